The van der Waals surface area contributed by atoms with E-state index in [0.29, 0.717) is 6.42 Å². The van der Waals surface area contributed by atoms with Gasteiger partial charge in [-0.05, 0) is 23.9 Å². The van der Waals surface area contributed by atoms with Gasteiger partial charge >= 0.3 is 0 Å². The van der Waals surface area contributed by atoms with Crippen LogP contribution in [0.25, 0.3) is 10.8 Å². The molecule has 0 amide bonds. The molecule has 2 heteroatoms. The molecule has 112 valence electrons. The minimum absolute atomic E-state index is 0.241. The molecule has 21 heavy (non-hydrogen) atoms. The molecule has 0 atom stereocenters. The second-order valence-electron chi connectivity index (χ2n) is 5.45. The summed E-state index contributed by atoms with van der Waals surface area (Å²) < 4.78 is 5.38. The number of carbonyl (C=O) groups excluding carboxylic acids is 1. The normalized spacial score (nSPS) is 10.8. The van der Waals surface area contributed by atoms with Crippen molar-refractivity contribution in [3.63, 3.8) is 0 Å². The highest BCUT2D eigenvalue weighted by Crippen LogP contribution is 2.29. The van der Waals surface area contributed by atoms with E-state index < -0.39 is 0 Å². The molecule has 0 N–H and O–H groups in total. The Morgan fingerprint density at radius 2 is 1.67 bits per heavy atom. The maximum Gasteiger partial charge on any atom is 0.163 e. The van der Waals surface area contributed by atoms with Gasteiger partial charge in [-0.1, -0.05) is 56.9 Å². The number of benzene rings is 2. The number of carbonyl (C=O) groups is 1. The van der Waals surface area contributed by atoms with E-state index >= 15 is 0 Å². The van der Waals surface area contributed by atoms with Crippen molar-refractivity contribution in [2.75, 3.05) is 7.11 Å². The first-order chi connectivity index (χ1) is 10.3. The predicted molar refractivity (Wildman–Crippen MR) is 88.2 cm³/mol. The Hall–Kier alpha value is -1.83. The van der Waals surface area contributed by atoms with Crippen molar-refractivity contribution < 1.29 is 9.53 Å². The molecule has 0 saturated carbocycles. The number of fused-ring (bicyclic) bond motifs is 1. The van der Waals surface area contributed by atoms with Crippen LogP contribution in [0.4, 0.5) is 0 Å². The molecule has 2 rings (SSSR count). The molecule has 0 aliphatic rings. The van der Waals surface area contributed by atoms with Crippen LogP contribution >= 0.6 is 0 Å². The van der Waals surface area contributed by atoms with Crippen LogP contribution in [0, 0.1) is 0 Å². The summed E-state index contributed by atoms with van der Waals surface area (Å²) in [6.45, 7) is 2.20. The van der Waals surface area contributed by atoms with Crippen LogP contribution < -0.4 is 4.74 Å². The summed E-state index contributed by atoms with van der Waals surface area (Å²) in [4.78, 5) is 12.5. The van der Waals surface area contributed by atoms with Crippen molar-refractivity contribution >= 4 is 16.6 Å². The Morgan fingerprint density at radius 3 is 2.38 bits per heavy atom. The molecule has 2 nitrogen and oxygen atoms in total. The molecule has 0 unspecified atom stereocenters. The molecule has 2 aromatic rings. The zero-order valence-electron chi connectivity index (χ0n) is 13.0. The number of rotatable bonds is 8. The second-order valence-corrected chi connectivity index (χ2v) is 5.45. The van der Waals surface area contributed by atoms with Crippen LogP contribution in [-0.2, 0) is 0 Å². The maximum atomic E-state index is 12.5. The smallest absolute Gasteiger partial charge is 0.163 e. The number of hydrogen-bond acceptors (Lipinski definition) is 2. The summed E-state index contributed by atoms with van der Waals surface area (Å²) in [7, 11) is 1.66. The highest BCUT2D eigenvalue weighted by molar-refractivity contribution is 6.09. The molecule has 0 saturated heterocycles. The summed E-state index contributed by atoms with van der Waals surface area (Å²) in [5.41, 5.74) is 0.821. The summed E-state index contributed by atoms with van der Waals surface area (Å²) in [5.74, 6) is 1.07. The number of unbranched alkanes of at least 4 members (excludes halogenated alkanes) is 4. The van der Waals surface area contributed by atoms with Crippen LogP contribution in [-0.4, -0.2) is 12.9 Å². The fourth-order valence-electron chi connectivity index (χ4n) is 2.72. The standard InChI is InChI=1S/C19H24O2/c1-3-4-5-6-7-12-18(20)16-13-14-19(21-2)17-11-9-8-10-15(16)17/h8-11,13-14H,3-7,12H2,1-2H3. The molecule has 0 heterocycles. The first-order valence-corrected chi connectivity index (χ1v) is 7.87. The molecule has 2 aromatic carbocycles. The maximum absolute atomic E-state index is 12.5. The van der Waals surface area contributed by atoms with Gasteiger partial charge in [-0.25, -0.2) is 0 Å². The minimum atomic E-state index is 0.241. The predicted octanol–water partition coefficient (Wildman–Crippen LogP) is 5.39. The number of methoxy groups -OCH3 is 1. The topological polar surface area (TPSA) is 26.3 Å². The first-order valence-electron chi connectivity index (χ1n) is 7.87. The highest BCUT2D eigenvalue weighted by atomic mass is 16.5. The van der Waals surface area contributed by atoms with Gasteiger partial charge in [-0.3, -0.25) is 4.79 Å². The van der Waals surface area contributed by atoms with Gasteiger partial charge < -0.3 is 4.74 Å². The molecule has 0 aliphatic heterocycles. The van der Waals surface area contributed by atoms with Gasteiger partial charge in [-0.2, -0.15) is 0 Å². The van der Waals surface area contributed by atoms with E-state index in [0.717, 1.165) is 34.9 Å². The van der Waals surface area contributed by atoms with E-state index in [1.807, 2.05) is 36.4 Å². The third-order valence-corrected chi connectivity index (χ3v) is 3.91. The van der Waals surface area contributed by atoms with E-state index in [1.54, 1.807) is 7.11 Å². The fraction of sp³-hybridized carbons (Fsp3) is 0.421. The zero-order chi connectivity index (χ0) is 15.1. The Balaban J connectivity index is 2.13. The largest absolute Gasteiger partial charge is 0.496 e. The molecule has 0 bridgehead atoms. The van der Waals surface area contributed by atoms with Crippen LogP contribution in [0.1, 0.15) is 55.8 Å². The van der Waals surface area contributed by atoms with Gasteiger partial charge in [0.25, 0.3) is 0 Å². The SMILES string of the molecule is CCCCCCCC(=O)c1ccc(OC)c2ccccc12. The third-order valence-electron chi connectivity index (χ3n) is 3.91. The fourth-order valence-corrected chi connectivity index (χ4v) is 2.72. The average molecular weight is 284 g/mol. The Bertz CT molecular complexity index is 602. The van der Waals surface area contributed by atoms with Gasteiger partial charge in [0.1, 0.15) is 5.75 Å². The Kier molecular flexibility index (Phi) is 5.79. The molecule has 0 spiro atoms. The molecule has 0 aromatic heterocycles. The lowest BCUT2D eigenvalue weighted by Crippen LogP contribution is -2.01. The van der Waals surface area contributed by atoms with Crippen molar-refractivity contribution in [1.29, 1.82) is 0 Å². The van der Waals surface area contributed by atoms with Crippen LogP contribution in [0.15, 0.2) is 36.4 Å². The molecular formula is C19H24O2. The number of hydrogen-bond donors (Lipinski definition) is 0. The van der Waals surface area contributed by atoms with Gasteiger partial charge in [-0.15, -0.1) is 0 Å². The quantitative estimate of drug-likeness (QED) is 0.480. The van der Waals surface area contributed by atoms with Crippen molar-refractivity contribution in [3.05, 3.63) is 42.0 Å². The van der Waals surface area contributed by atoms with Crippen molar-refractivity contribution in [2.45, 2.75) is 45.4 Å². The Labute approximate surface area is 127 Å². The number of Topliss-reactive ketones (excluding diaryl/α,β-unsaturated/α-hetero) is 1. The van der Waals surface area contributed by atoms with Crippen LogP contribution in [0.5, 0.6) is 5.75 Å². The van der Waals surface area contributed by atoms with Gasteiger partial charge in [0.2, 0.25) is 0 Å². The van der Waals surface area contributed by atoms with Gasteiger partial charge in [0.05, 0.1) is 7.11 Å². The van der Waals surface area contributed by atoms with E-state index in [-0.39, 0.29) is 5.78 Å². The third kappa shape index (κ3) is 3.84. The monoisotopic (exact) mass is 284 g/mol. The molecular weight excluding hydrogens is 260 g/mol. The average Bonchev–Trinajstić information content (AvgIpc) is 2.53. The zero-order valence-corrected chi connectivity index (χ0v) is 13.0. The lowest BCUT2D eigenvalue weighted by molar-refractivity contribution is 0.0980. The van der Waals surface area contributed by atoms with E-state index in [2.05, 4.69) is 6.92 Å². The van der Waals surface area contributed by atoms with Crippen molar-refractivity contribution in [3.8, 4) is 5.75 Å². The lowest BCUT2D eigenvalue weighted by atomic mass is 9.97. The second kappa shape index (κ2) is 7.82. The summed E-state index contributed by atoms with van der Waals surface area (Å²) in [5, 5.41) is 2.01. The van der Waals surface area contributed by atoms with Crippen molar-refractivity contribution in [1.82, 2.24) is 0 Å². The number of ether oxygens (including phenoxy) is 1. The molecule has 0 aliphatic carbocycles. The summed E-state index contributed by atoms with van der Waals surface area (Å²) in [6.07, 6.45) is 6.50. The lowest BCUT2D eigenvalue weighted by Gasteiger charge is -2.09. The van der Waals surface area contributed by atoms with Crippen molar-refractivity contribution in [2.24, 2.45) is 0 Å². The van der Waals surface area contributed by atoms with E-state index in [1.165, 1.54) is 19.3 Å². The minimum Gasteiger partial charge on any atom is -0.496 e. The first kappa shape index (κ1) is 15.6. The van der Waals surface area contributed by atoms with Crippen LogP contribution in [0.2, 0.25) is 0 Å². The van der Waals surface area contributed by atoms with Gasteiger partial charge in [0.15, 0.2) is 5.78 Å². The van der Waals surface area contributed by atoms with Gasteiger partial charge in [0, 0.05) is 17.4 Å². The summed E-state index contributed by atoms with van der Waals surface area (Å²) in [6, 6.07) is 11.8. The Morgan fingerprint density at radius 1 is 0.952 bits per heavy atom. The molecule has 0 fully saturated rings. The highest BCUT2D eigenvalue weighted by Gasteiger charge is 2.12. The number of ketones is 1. The van der Waals surface area contributed by atoms with Crippen LogP contribution in [0.3, 0.4) is 0 Å². The summed E-state index contributed by atoms with van der Waals surface area (Å²) >= 11 is 0. The van der Waals surface area contributed by atoms with E-state index in [4.69, 9.17) is 4.74 Å². The molecule has 0 radical (unpaired) electrons. The van der Waals surface area contributed by atoms with E-state index in [9.17, 15) is 4.79 Å².